The van der Waals surface area contributed by atoms with Crippen molar-refractivity contribution < 1.29 is 13.9 Å². The summed E-state index contributed by atoms with van der Waals surface area (Å²) in [6.45, 7) is 3.46. The van der Waals surface area contributed by atoms with Crippen LogP contribution >= 0.6 is 0 Å². The van der Waals surface area contributed by atoms with E-state index in [9.17, 15) is 14.0 Å². The second-order valence-corrected chi connectivity index (χ2v) is 6.02. The first-order valence-electron chi connectivity index (χ1n) is 8.22. The third-order valence-electron chi connectivity index (χ3n) is 4.11. The predicted octanol–water partition coefficient (Wildman–Crippen LogP) is 3.25. The van der Waals surface area contributed by atoms with Crippen LogP contribution in [0.3, 0.4) is 0 Å². The van der Waals surface area contributed by atoms with Gasteiger partial charge in [0, 0.05) is 5.69 Å². The maximum absolute atomic E-state index is 13.7. The van der Waals surface area contributed by atoms with E-state index in [0.717, 1.165) is 10.2 Å². The summed E-state index contributed by atoms with van der Waals surface area (Å²) in [5, 5.41) is 6.76. The van der Waals surface area contributed by atoms with E-state index >= 15 is 0 Å². The van der Waals surface area contributed by atoms with E-state index in [4.69, 9.17) is 4.74 Å². The number of benzene rings is 2. The first kappa shape index (κ1) is 18.3. The summed E-state index contributed by atoms with van der Waals surface area (Å²) in [5.74, 6) is -1.01. The zero-order valence-corrected chi connectivity index (χ0v) is 15.1. The van der Waals surface area contributed by atoms with Crippen molar-refractivity contribution in [3.05, 3.63) is 81.5 Å². The van der Waals surface area contributed by atoms with E-state index in [1.54, 1.807) is 31.2 Å². The number of halogens is 1. The number of nitrogens with zero attached hydrogens (tertiary/aromatic N) is 2. The molecule has 0 aliphatic rings. The standard InChI is InChI=1S/C20H18FN3O3/c1-12-8-9-14(10-15(12)21)22-20(26)19-17(27-3)11-18(25)24(23-19)16-7-5-4-6-13(16)2/h4-11H,1-3H3,(H,22,26). The van der Waals surface area contributed by atoms with Crippen molar-refractivity contribution in [3.63, 3.8) is 0 Å². The maximum atomic E-state index is 13.7. The fourth-order valence-corrected chi connectivity index (χ4v) is 2.59. The number of hydrogen-bond donors (Lipinski definition) is 1. The van der Waals surface area contributed by atoms with Gasteiger partial charge in [-0.05, 0) is 43.2 Å². The van der Waals surface area contributed by atoms with E-state index < -0.39 is 17.3 Å². The number of carbonyl (C=O) groups excluding carboxylic acids is 1. The minimum absolute atomic E-state index is 0.0370. The summed E-state index contributed by atoms with van der Waals surface area (Å²) in [6, 6.07) is 12.7. The quantitative estimate of drug-likeness (QED) is 0.768. The number of aryl methyl sites for hydroxylation is 2. The van der Waals surface area contributed by atoms with Crippen molar-refractivity contribution >= 4 is 11.6 Å². The molecule has 0 atom stereocenters. The number of hydrogen-bond acceptors (Lipinski definition) is 4. The fraction of sp³-hybridized carbons (Fsp3) is 0.150. The molecule has 0 radical (unpaired) electrons. The van der Waals surface area contributed by atoms with Crippen LogP contribution in [0, 0.1) is 19.7 Å². The summed E-state index contributed by atoms with van der Waals surface area (Å²) in [4.78, 5) is 25.1. The van der Waals surface area contributed by atoms with Crippen molar-refractivity contribution in [2.24, 2.45) is 0 Å². The highest BCUT2D eigenvalue weighted by molar-refractivity contribution is 6.04. The Bertz CT molecular complexity index is 1080. The van der Waals surface area contributed by atoms with Crippen LogP contribution in [0.2, 0.25) is 0 Å². The first-order chi connectivity index (χ1) is 12.9. The molecule has 6 nitrogen and oxygen atoms in total. The van der Waals surface area contributed by atoms with E-state index in [2.05, 4.69) is 10.4 Å². The van der Waals surface area contributed by atoms with E-state index in [1.165, 1.54) is 19.2 Å². The lowest BCUT2D eigenvalue weighted by Gasteiger charge is -2.13. The second kappa shape index (κ2) is 7.41. The molecule has 7 heteroatoms. The Labute approximate surface area is 155 Å². The highest BCUT2D eigenvalue weighted by Crippen LogP contribution is 2.19. The number of methoxy groups -OCH3 is 1. The zero-order valence-electron chi connectivity index (χ0n) is 15.1. The van der Waals surface area contributed by atoms with Crippen molar-refractivity contribution in [1.82, 2.24) is 9.78 Å². The molecule has 27 heavy (non-hydrogen) atoms. The van der Waals surface area contributed by atoms with Gasteiger partial charge in [0.25, 0.3) is 11.5 Å². The molecule has 1 aromatic heterocycles. The van der Waals surface area contributed by atoms with Crippen LogP contribution in [0.4, 0.5) is 10.1 Å². The van der Waals surface area contributed by atoms with E-state index in [-0.39, 0.29) is 17.1 Å². The highest BCUT2D eigenvalue weighted by atomic mass is 19.1. The molecule has 1 N–H and O–H groups in total. The van der Waals surface area contributed by atoms with Gasteiger partial charge in [0.1, 0.15) is 5.82 Å². The molecule has 1 heterocycles. The van der Waals surface area contributed by atoms with Gasteiger partial charge in [0.2, 0.25) is 0 Å². The van der Waals surface area contributed by atoms with Gasteiger partial charge >= 0.3 is 0 Å². The molecule has 0 saturated heterocycles. The fourth-order valence-electron chi connectivity index (χ4n) is 2.59. The summed E-state index contributed by atoms with van der Waals surface area (Å²) in [6.07, 6.45) is 0. The highest BCUT2D eigenvalue weighted by Gasteiger charge is 2.19. The smallest absolute Gasteiger partial charge is 0.280 e. The Morgan fingerprint density at radius 3 is 2.52 bits per heavy atom. The number of amides is 1. The van der Waals surface area contributed by atoms with Gasteiger partial charge in [-0.15, -0.1) is 0 Å². The average molecular weight is 367 g/mol. The molecule has 0 bridgehead atoms. The minimum Gasteiger partial charge on any atom is -0.494 e. The van der Waals surface area contributed by atoms with Gasteiger partial charge < -0.3 is 10.1 Å². The SMILES string of the molecule is COc1cc(=O)n(-c2ccccc2C)nc1C(=O)Nc1ccc(C)c(F)c1. The van der Waals surface area contributed by atoms with Crippen LogP contribution < -0.4 is 15.6 Å². The molecular formula is C20H18FN3O3. The lowest BCUT2D eigenvalue weighted by molar-refractivity contribution is 0.101. The molecule has 0 aliphatic carbocycles. The molecule has 0 fully saturated rings. The average Bonchev–Trinajstić information content (AvgIpc) is 2.65. The van der Waals surface area contributed by atoms with Crippen LogP contribution in [-0.4, -0.2) is 22.8 Å². The largest absolute Gasteiger partial charge is 0.494 e. The monoisotopic (exact) mass is 367 g/mol. The number of carbonyl (C=O) groups is 1. The van der Waals surface area contributed by atoms with Gasteiger partial charge in [0.15, 0.2) is 11.4 Å². The molecule has 3 aromatic rings. The summed E-state index contributed by atoms with van der Waals surface area (Å²) in [7, 11) is 1.34. The Morgan fingerprint density at radius 2 is 1.85 bits per heavy atom. The van der Waals surface area contributed by atoms with Gasteiger partial charge in [-0.1, -0.05) is 24.3 Å². The number of aromatic nitrogens is 2. The van der Waals surface area contributed by atoms with E-state index in [1.807, 2.05) is 19.1 Å². The van der Waals surface area contributed by atoms with Crippen molar-refractivity contribution in [2.75, 3.05) is 12.4 Å². The minimum atomic E-state index is -0.613. The third-order valence-corrected chi connectivity index (χ3v) is 4.11. The van der Waals surface area contributed by atoms with E-state index in [0.29, 0.717) is 11.3 Å². The van der Waals surface area contributed by atoms with Crippen molar-refractivity contribution in [3.8, 4) is 11.4 Å². The Kier molecular flexibility index (Phi) is 5.03. The zero-order chi connectivity index (χ0) is 19.6. The molecule has 0 unspecified atom stereocenters. The Morgan fingerprint density at radius 1 is 1.11 bits per heavy atom. The Hall–Kier alpha value is -3.48. The van der Waals surface area contributed by atoms with Gasteiger partial charge in [0.05, 0.1) is 18.9 Å². The van der Waals surface area contributed by atoms with Crippen molar-refractivity contribution in [2.45, 2.75) is 13.8 Å². The molecule has 0 aliphatic heterocycles. The number of para-hydroxylation sites is 1. The van der Waals surface area contributed by atoms with Gasteiger partial charge in [-0.25, -0.2) is 4.39 Å². The van der Waals surface area contributed by atoms with Crippen LogP contribution in [0.1, 0.15) is 21.6 Å². The predicted molar refractivity (Wildman–Crippen MR) is 100 cm³/mol. The molecule has 0 saturated carbocycles. The summed E-state index contributed by atoms with van der Waals surface area (Å²) < 4.78 is 20.0. The number of rotatable bonds is 4. The lowest BCUT2D eigenvalue weighted by Crippen LogP contribution is -2.26. The number of ether oxygens (including phenoxy) is 1. The van der Waals surface area contributed by atoms with Crippen LogP contribution in [-0.2, 0) is 0 Å². The molecule has 138 valence electrons. The first-order valence-corrected chi connectivity index (χ1v) is 8.22. The third kappa shape index (κ3) is 3.72. The second-order valence-electron chi connectivity index (χ2n) is 6.02. The van der Waals surface area contributed by atoms with Crippen LogP contribution in [0.5, 0.6) is 5.75 Å². The van der Waals surface area contributed by atoms with Crippen molar-refractivity contribution in [1.29, 1.82) is 0 Å². The summed E-state index contributed by atoms with van der Waals surface area (Å²) >= 11 is 0. The maximum Gasteiger partial charge on any atom is 0.280 e. The summed E-state index contributed by atoms with van der Waals surface area (Å²) in [5.41, 5.74) is 1.61. The molecule has 0 spiro atoms. The van der Waals surface area contributed by atoms with Gasteiger partial charge in [-0.3, -0.25) is 9.59 Å². The number of nitrogens with one attached hydrogen (secondary N) is 1. The molecule has 2 aromatic carbocycles. The normalized spacial score (nSPS) is 10.5. The van der Waals surface area contributed by atoms with Crippen LogP contribution in [0.25, 0.3) is 5.69 Å². The number of anilines is 1. The topological polar surface area (TPSA) is 73.2 Å². The molecule has 1 amide bonds. The molecule has 3 rings (SSSR count). The Balaban J connectivity index is 2.04. The molecular weight excluding hydrogens is 349 g/mol. The van der Waals surface area contributed by atoms with Gasteiger partial charge in [-0.2, -0.15) is 9.78 Å². The van der Waals surface area contributed by atoms with Crippen LogP contribution in [0.15, 0.2) is 53.3 Å². The lowest BCUT2D eigenvalue weighted by atomic mass is 10.2.